The number of nitrogens with zero attached hydrogens (tertiary/aromatic N) is 3. The third kappa shape index (κ3) is 3.27. The van der Waals surface area contributed by atoms with Crippen LogP contribution in [0.5, 0.6) is 0 Å². The van der Waals surface area contributed by atoms with Crippen molar-refractivity contribution in [1.82, 2.24) is 20.0 Å². The first kappa shape index (κ1) is 14.5. The second kappa shape index (κ2) is 6.58. The van der Waals surface area contributed by atoms with E-state index >= 15 is 0 Å². The van der Waals surface area contributed by atoms with Gasteiger partial charge in [0.15, 0.2) is 0 Å². The molecule has 0 bridgehead atoms. The number of hydrogen-bond acceptors (Lipinski definition) is 4. The Bertz CT molecular complexity index is 448. The lowest BCUT2D eigenvalue weighted by molar-refractivity contribution is -0.140. The van der Waals surface area contributed by atoms with Gasteiger partial charge in [0, 0.05) is 30.9 Å². The quantitative estimate of drug-likeness (QED) is 0.896. The van der Waals surface area contributed by atoms with Gasteiger partial charge in [-0.05, 0) is 38.9 Å². The molecule has 2 saturated heterocycles. The number of carbonyl (C=O) groups excluding carboxylic acids is 1. The topological polar surface area (TPSA) is 61.5 Å². The lowest BCUT2D eigenvalue weighted by Crippen LogP contribution is -2.52. The van der Waals surface area contributed by atoms with Crippen LogP contribution in [-0.4, -0.2) is 71.3 Å². The molecule has 1 aromatic rings. The summed E-state index contributed by atoms with van der Waals surface area (Å²) in [7, 11) is 0. The van der Waals surface area contributed by atoms with E-state index in [1.54, 1.807) is 0 Å². The van der Waals surface area contributed by atoms with Crippen molar-refractivity contribution in [3.63, 3.8) is 0 Å². The molecular weight excluding hydrogens is 268 g/mol. The molecule has 1 unspecified atom stereocenters. The molecule has 0 aliphatic carbocycles. The van der Waals surface area contributed by atoms with Crippen LogP contribution < -0.4 is 0 Å². The first-order valence-corrected chi connectivity index (χ1v) is 7.85. The van der Waals surface area contributed by atoms with Crippen LogP contribution in [0.25, 0.3) is 0 Å². The molecule has 3 heterocycles. The molecule has 0 aromatic carbocycles. The summed E-state index contributed by atoms with van der Waals surface area (Å²) < 4.78 is 5.31. The molecule has 6 heteroatoms. The third-order valence-electron chi connectivity index (χ3n) is 4.72. The van der Waals surface area contributed by atoms with E-state index in [1.165, 1.54) is 5.69 Å². The lowest BCUT2D eigenvalue weighted by atomic mass is 9.93. The first-order valence-electron chi connectivity index (χ1n) is 7.85. The van der Waals surface area contributed by atoms with Gasteiger partial charge in [-0.3, -0.25) is 14.8 Å². The van der Waals surface area contributed by atoms with Crippen LogP contribution in [0.2, 0.25) is 0 Å². The average molecular weight is 292 g/mol. The monoisotopic (exact) mass is 292 g/mol. The standard InChI is InChI=1S/C15H24N4O2/c1-12(15(20)19-8-10-21-11-9-19)18-6-3-13(4-7-18)14-2-5-16-17-14/h2,5,12-13H,3-4,6-11H2,1H3,(H,16,17). The maximum atomic E-state index is 12.5. The summed E-state index contributed by atoms with van der Waals surface area (Å²) in [5, 5.41) is 7.10. The molecule has 116 valence electrons. The van der Waals surface area contributed by atoms with E-state index in [4.69, 9.17) is 4.74 Å². The molecule has 0 radical (unpaired) electrons. The van der Waals surface area contributed by atoms with Crippen molar-refractivity contribution in [2.75, 3.05) is 39.4 Å². The molecule has 2 aliphatic rings. The fraction of sp³-hybridized carbons (Fsp3) is 0.733. The average Bonchev–Trinajstić information content (AvgIpc) is 3.09. The fourth-order valence-corrected chi connectivity index (χ4v) is 3.30. The molecular formula is C15H24N4O2. The van der Waals surface area contributed by atoms with Gasteiger partial charge in [0.2, 0.25) is 5.91 Å². The van der Waals surface area contributed by atoms with Gasteiger partial charge in [0.1, 0.15) is 0 Å². The van der Waals surface area contributed by atoms with Gasteiger partial charge in [-0.2, -0.15) is 5.10 Å². The highest BCUT2D eigenvalue weighted by atomic mass is 16.5. The molecule has 1 amide bonds. The normalized spacial score (nSPS) is 23.2. The van der Waals surface area contributed by atoms with Crippen molar-refractivity contribution in [1.29, 1.82) is 0 Å². The predicted octanol–water partition coefficient (Wildman–Crippen LogP) is 0.836. The smallest absolute Gasteiger partial charge is 0.239 e. The second-order valence-electron chi connectivity index (χ2n) is 5.94. The van der Waals surface area contributed by atoms with Crippen LogP contribution in [0.1, 0.15) is 31.4 Å². The second-order valence-corrected chi connectivity index (χ2v) is 5.94. The molecule has 1 atom stereocenters. The van der Waals surface area contributed by atoms with E-state index in [9.17, 15) is 4.79 Å². The lowest BCUT2D eigenvalue weighted by Gasteiger charge is -2.38. The largest absolute Gasteiger partial charge is 0.378 e. The van der Waals surface area contributed by atoms with E-state index in [0.717, 1.165) is 39.0 Å². The number of morpholine rings is 1. The fourth-order valence-electron chi connectivity index (χ4n) is 3.30. The maximum Gasteiger partial charge on any atom is 0.239 e. The molecule has 2 aliphatic heterocycles. The minimum atomic E-state index is -0.0224. The SMILES string of the molecule is CC(C(=O)N1CCOCC1)N1CCC(c2ccn[nH]2)CC1. The van der Waals surface area contributed by atoms with Gasteiger partial charge in [-0.1, -0.05) is 0 Å². The minimum Gasteiger partial charge on any atom is -0.378 e. The van der Waals surface area contributed by atoms with Gasteiger partial charge in [-0.15, -0.1) is 0 Å². The number of H-pyrrole nitrogens is 1. The number of piperidine rings is 1. The Morgan fingerprint density at radius 1 is 1.33 bits per heavy atom. The van der Waals surface area contributed by atoms with Gasteiger partial charge in [0.25, 0.3) is 0 Å². The first-order chi connectivity index (χ1) is 10.3. The number of aromatic amines is 1. The van der Waals surface area contributed by atoms with E-state index in [0.29, 0.717) is 19.1 Å². The van der Waals surface area contributed by atoms with E-state index < -0.39 is 0 Å². The maximum absolute atomic E-state index is 12.5. The number of amides is 1. The summed E-state index contributed by atoms with van der Waals surface area (Å²) in [6, 6.07) is 2.04. The molecule has 0 saturated carbocycles. The van der Waals surface area contributed by atoms with Gasteiger partial charge < -0.3 is 9.64 Å². The van der Waals surface area contributed by atoms with Crippen LogP contribution in [0.3, 0.4) is 0 Å². The number of ether oxygens (including phenoxy) is 1. The minimum absolute atomic E-state index is 0.0224. The number of rotatable bonds is 3. The molecule has 3 rings (SSSR count). The molecule has 1 N–H and O–H groups in total. The van der Waals surface area contributed by atoms with Crippen molar-refractivity contribution in [3.05, 3.63) is 18.0 Å². The zero-order chi connectivity index (χ0) is 14.7. The summed E-state index contributed by atoms with van der Waals surface area (Å²) in [5.41, 5.74) is 1.22. The van der Waals surface area contributed by atoms with Crippen LogP contribution in [0, 0.1) is 0 Å². The van der Waals surface area contributed by atoms with Gasteiger partial charge in [0.05, 0.1) is 19.3 Å². The van der Waals surface area contributed by atoms with Crippen molar-refractivity contribution in [3.8, 4) is 0 Å². The van der Waals surface area contributed by atoms with Crippen molar-refractivity contribution >= 4 is 5.91 Å². The zero-order valence-corrected chi connectivity index (χ0v) is 12.6. The molecule has 2 fully saturated rings. The zero-order valence-electron chi connectivity index (χ0n) is 12.6. The Kier molecular flexibility index (Phi) is 4.55. The Hall–Kier alpha value is -1.40. The summed E-state index contributed by atoms with van der Waals surface area (Å²) >= 11 is 0. The highest BCUT2D eigenvalue weighted by Gasteiger charge is 2.30. The van der Waals surface area contributed by atoms with Crippen molar-refractivity contribution in [2.45, 2.75) is 31.7 Å². The third-order valence-corrected chi connectivity index (χ3v) is 4.72. The highest BCUT2D eigenvalue weighted by molar-refractivity contribution is 5.81. The number of hydrogen-bond donors (Lipinski definition) is 1. The van der Waals surface area contributed by atoms with Crippen molar-refractivity contribution < 1.29 is 9.53 Å². The van der Waals surface area contributed by atoms with Crippen LogP contribution >= 0.6 is 0 Å². The molecule has 0 spiro atoms. The van der Waals surface area contributed by atoms with Crippen LogP contribution in [-0.2, 0) is 9.53 Å². The highest BCUT2D eigenvalue weighted by Crippen LogP contribution is 2.27. The molecule has 6 nitrogen and oxygen atoms in total. The summed E-state index contributed by atoms with van der Waals surface area (Å²) in [6.45, 7) is 6.78. The van der Waals surface area contributed by atoms with Gasteiger partial charge in [-0.25, -0.2) is 0 Å². The van der Waals surface area contributed by atoms with E-state index in [2.05, 4.69) is 21.2 Å². The number of nitrogens with one attached hydrogen (secondary N) is 1. The Labute approximate surface area is 125 Å². The Morgan fingerprint density at radius 3 is 2.67 bits per heavy atom. The van der Waals surface area contributed by atoms with Crippen LogP contribution in [0.15, 0.2) is 12.3 Å². The Balaban J connectivity index is 1.52. The summed E-state index contributed by atoms with van der Waals surface area (Å²) in [4.78, 5) is 16.8. The van der Waals surface area contributed by atoms with Gasteiger partial charge >= 0.3 is 0 Å². The predicted molar refractivity (Wildman–Crippen MR) is 79.0 cm³/mol. The van der Waals surface area contributed by atoms with E-state index in [-0.39, 0.29) is 11.9 Å². The number of aromatic nitrogens is 2. The van der Waals surface area contributed by atoms with Crippen molar-refractivity contribution in [2.24, 2.45) is 0 Å². The van der Waals surface area contributed by atoms with Crippen LogP contribution in [0.4, 0.5) is 0 Å². The number of carbonyl (C=O) groups is 1. The van der Waals surface area contributed by atoms with E-state index in [1.807, 2.05) is 18.0 Å². The summed E-state index contributed by atoms with van der Waals surface area (Å²) in [6.07, 6.45) is 3.98. The molecule has 1 aromatic heterocycles. The molecule has 21 heavy (non-hydrogen) atoms. The number of likely N-dealkylation sites (tertiary alicyclic amines) is 1. The Morgan fingerprint density at radius 2 is 2.05 bits per heavy atom. The summed E-state index contributed by atoms with van der Waals surface area (Å²) in [5.74, 6) is 0.799.